The quantitative estimate of drug-likeness (QED) is 0.422. The number of rotatable bonds is 5. The van der Waals surface area contributed by atoms with Gasteiger partial charge in [0.15, 0.2) is 0 Å². The van der Waals surface area contributed by atoms with E-state index < -0.39 is 24.1 Å². The van der Waals surface area contributed by atoms with E-state index in [1.54, 1.807) is 6.92 Å². The number of carbonyl (C=O) groups is 3. The number of nitrogens with one attached hydrogen (secondary N) is 2. The molecule has 0 saturated carbocycles. The average Bonchev–Trinajstić information content (AvgIpc) is 2.16. The molecule has 0 radical (unpaired) electrons. The summed E-state index contributed by atoms with van der Waals surface area (Å²) in [7, 11) is 0. The maximum Gasteiger partial charge on any atom is 0.409 e. The first-order valence-electron chi connectivity index (χ1n) is 4.10. The molecule has 0 aliphatic heterocycles. The Hall–Kier alpha value is -2.05. The number of alkyl carbamates (subject to hydrolysis) is 1. The lowest BCUT2D eigenvalue weighted by molar-refractivity contribution is -0.142. The molecule has 0 aliphatic carbocycles. The van der Waals surface area contributed by atoms with Crippen LogP contribution in [-0.2, 0) is 14.3 Å². The van der Waals surface area contributed by atoms with Gasteiger partial charge in [0.25, 0.3) is 0 Å². The highest BCUT2D eigenvalue weighted by Crippen LogP contribution is 1.84. The van der Waals surface area contributed by atoms with Gasteiger partial charge in [-0.3, -0.25) is 10.1 Å². The fraction of sp³-hybridized carbons (Fsp3) is 0.375. The Morgan fingerprint density at radius 2 is 2.07 bits per heavy atom. The molecule has 3 N–H and O–H groups in total. The molecular weight excluding hydrogens is 204 g/mol. The van der Waals surface area contributed by atoms with Crippen LogP contribution in [0.15, 0.2) is 12.7 Å². The lowest BCUT2D eigenvalue weighted by Gasteiger charge is -2.14. The van der Waals surface area contributed by atoms with Crippen LogP contribution < -0.4 is 10.6 Å². The third kappa shape index (κ3) is 5.29. The Balaban J connectivity index is 4.28. The number of ether oxygens (including phenoxy) is 1. The van der Waals surface area contributed by atoms with Crippen molar-refractivity contribution in [3.8, 4) is 0 Å². The third-order valence-corrected chi connectivity index (χ3v) is 1.26. The minimum absolute atomic E-state index is 0.105. The number of aliphatic carboxylic acids is 1. The van der Waals surface area contributed by atoms with E-state index in [-0.39, 0.29) is 6.61 Å². The standard InChI is InChI=1S/C8H12N2O5/c1-3-5(11)9-6(7(12)13)10-8(14)15-4-2/h3,6H,1,4H2,2H3,(H,9,11)(H,10,14)(H,12,13). The van der Waals surface area contributed by atoms with E-state index in [1.165, 1.54) is 0 Å². The predicted molar refractivity (Wildman–Crippen MR) is 49.9 cm³/mol. The van der Waals surface area contributed by atoms with Gasteiger partial charge in [0.1, 0.15) is 0 Å². The zero-order valence-corrected chi connectivity index (χ0v) is 8.15. The van der Waals surface area contributed by atoms with Gasteiger partial charge in [0, 0.05) is 0 Å². The van der Waals surface area contributed by atoms with Crippen LogP contribution in [0.5, 0.6) is 0 Å². The van der Waals surface area contributed by atoms with Crippen LogP contribution in [0.4, 0.5) is 4.79 Å². The van der Waals surface area contributed by atoms with Gasteiger partial charge in [-0.05, 0) is 13.0 Å². The van der Waals surface area contributed by atoms with E-state index >= 15 is 0 Å². The number of carboxylic acid groups (broad SMARTS) is 1. The Morgan fingerprint density at radius 3 is 2.47 bits per heavy atom. The van der Waals surface area contributed by atoms with Crippen molar-refractivity contribution in [1.29, 1.82) is 0 Å². The average molecular weight is 216 g/mol. The van der Waals surface area contributed by atoms with E-state index in [0.29, 0.717) is 0 Å². The molecule has 0 spiro atoms. The zero-order chi connectivity index (χ0) is 11.8. The summed E-state index contributed by atoms with van der Waals surface area (Å²) >= 11 is 0. The van der Waals surface area contributed by atoms with Crippen LogP contribution in [-0.4, -0.2) is 35.8 Å². The van der Waals surface area contributed by atoms with Crippen molar-refractivity contribution >= 4 is 18.0 Å². The van der Waals surface area contributed by atoms with E-state index in [2.05, 4.69) is 11.3 Å². The molecule has 0 fully saturated rings. The van der Waals surface area contributed by atoms with Crippen LogP contribution in [0.2, 0.25) is 0 Å². The molecule has 1 unspecified atom stereocenters. The van der Waals surface area contributed by atoms with Crippen LogP contribution in [0.1, 0.15) is 6.92 Å². The molecule has 2 amide bonds. The summed E-state index contributed by atoms with van der Waals surface area (Å²) < 4.78 is 4.45. The summed E-state index contributed by atoms with van der Waals surface area (Å²) in [6.07, 6.45) is -1.56. The molecule has 0 aliphatic rings. The first kappa shape index (κ1) is 12.9. The molecule has 0 aromatic heterocycles. The van der Waals surface area contributed by atoms with Gasteiger partial charge >= 0.3 is 12.1 Å². The molecule has 7 nitrogen and oxygen atoms in total. The minimum Gasteiger partial charge on any atom is -0.478 e. The molecule has 7 heteroatoms. The van der Waals surface area contributed by atoms with Gasteiger partial charge in [-0.25, -0.2) is 9.59 Å². The Bertz CT molecular complexity index is 276. The number of hydrogen-bond donors (Lipinski definition) is 3. The molecule has 84 valence electrons. The summed E-state index contributed by atoms with van der Waals surface area (Å²) in [4.78, 5) is 32.2. The summed E-state index contributed by atoms with van der Waals surface area (Å²) in [5, 5.41) is 12.5. The van der Waals surface area contributed by atoms with Crippen LogP contribution in [0.3, 0.4) is 0 Å². The highest BCUT2D eigenvalue weighted by atomic mass is 16.5. The smallest absolute Gasteiger partial charge is 0.409 e. The molecule has 0 aromatic carbocycles. The van der Waals surface area contributed by atoms with E-state index in [1.807, 2.05) is 10.6 Å². The summed E-state index contributed by atoms with van der Waals surface area (Å²) in [5.74, 6) is -2.11. The largest absolute Gasteiger partial charge is 0.478 e. The Kier molecular flexibility index (Phi) is 5.53. The second-order valence-electron chi connectivity index (χ2n) is 2.35. The Labute approximate surface area is 86.1 Å². The molecule has 0 bridgehead atoms. The minimum atomic E-state index is -1.53. The molecule has 0 saturated heterocycles. The normalized spacial score (nSPS) is 11.0. The van der Waals surface area contributed by atoms with Crippen molar-refractivity contribution in [2.45, 2.75) is 13.1 Å². The summed E-state index contributed by atoms with van der Waals surface area (Å²) in [5.41, 5.74) is 0. The fourth-order valence-electron chi connectivity index (χ4n) is 0.651. The molecule has 0 aromatic rings. The fourth-order valence-corrected chi connectivity index (χ4v) is 0.651. The van der Waals surface area contributed by atoms with Crippen LogP contribution in [0, 0.1) is 0 Å². The SMILES string of the molecule is C=CC(=O)NC(NC(=O)OCC)C(=O)O. The monoisotopic (exact) mass is 216 g/mol. The summed E-state index contributed by atoms with van der Waals surface area (Å²) in [6, 6.07) is 0. The number of amides is 2. The van der Waals surface area contributed by atoms with Gasteiger partial charge in [-0.2, -0.15) is 0 Å². The van der Waals surface area contributed by atoms with Gasteiger partial charge in [0.05, 0.1) is 6.61 Å². The maximum atomic E-state index is 10.9. The number of carbonyl (C=O) groups excluding carboxylic acids is 2. The predicted octanol–water partition coefficient (Wildman–Crippen LogP) is -0.555. The molecular formula is C8H12N2O5. The summed E-state index contributed by atoms with van der Waals surface area (Å²) in [6.45, 7) is 4.81. The second kappa shape index (κ2) is 6.41. The van der Waals surface area contributed by atoms with Crippen molar-refractivity contribution in [3.63, 3.8) is 0 Å². The van der Waals surface area contributed by atoms with E-state index in [0.717, 1.165) is 6.08 Å². The van der Waals surface area contributed by atoms with Crippen molar-refractivity contribution < 1.29 is 24.2 Å². The lowest BCUT2D eigenvalue weighted by Crippen LogP contribution is -2.52. The van der Waals surface area contributed by atoms with Crippen molar-refractivity contribution in [2.75, 3.05) is 6.61 Å². The first-order valence-corrected chi connectivity index (χ1v) is 4.10. The first-order chi connectivity index (χ1) is 7.01. The van der Waals surface area contributed by atoms with Gasteiger partial charge in [0.2, 0.25) is 12.1 Å². The molecule has 0 rings (SSSR count). The van der Waals surface area contributed by atoms with E-state index in [9.17, 15) is 14.4 Å². The van der Waals surface area contributed by atoms with Crippen LogP contribution >= 0.6 is 0 Å². The van der Waals surface area contributed by atoms with E-state index in [4.69, 9.17) is 5.11 Å². The van der Waals surface area contributed by atoms with Crippen molar-refractivity contribution in [1.82, 2.24) is 10.6 Å². The topological polar surface area (TPSA) is 105 Å². The Morgan fingerprint density at radius 1 is 1.47 bits per heavy atom. The lowest BCUT2D eigenvalue weighted by atomic mass is 10.4. The van der Waals surface area contributed by atoms with Crippen molar-refractivity contribution in [2.24, 2.45) is 0 Å². The third-order valence-electron chi connectivity index (χ3n) is 1.26. The maximum absolute atomic E-state index is 10.9. The van der Waals surface area contributed by atoms with Crippen LogP contribution in [0.25, 0.3) is 0 Å². The molecule has 0 heterocycles. The molecule has 1 atom stereocenters. The number of hydrogen-bond acceptors (Lipinski definition) is 4. The van der Waals surface area contributed by atoms with Gasteiger partial charge in [-0.1, -0.05) is 6.58 Å². The number of carboxylic acids is 1. The van der Waals surface area contributed by atoms with Gasteiger partial charge < -0.3 is 15.2 Å². The highest BCUT2D eigenvalue weighted by Gasteiger charge is 2.21. The highest BCUT2D eigenvalue weighted by molar-refractivity contribution is 5.91. The van der Waals surface area contributed by atoms with Crippen molar-refractivity contribution in [3.05, 3.63) is 12.7 Å². The molecule has 15 heavy (non-hydrogen) atoms. The zero-order valence-electron chi connectivity index (χ0n) is 8.15. The second-order valence-corrected chi connectivity index (χ2v) is 2.35. The van der Waals surface area contributed by atoms with Gasteiger partial charge in [-0.15, -0.1) is 0 Å².